The largest absolute Gasteiger partial charge is 0.508 e. The normalized spacial score (nSPS) is 10.3. The fraction of sp³-hybridized carbons (Fsp3) is 0.130. The number of aryl methyl sites for hydroxylation is 1. The summed E-state index contributed by atoms with van der Waals surface area (Å²) < 4.78 is 5.15. The minimum Gasteiger partial charge on any atom is -0.508 e. The first kappa shape index (κ1) is 16.8. The van der Waals surface area contributed by atoms with Crippen LogP contribution in [0.4, 0.5) is 0 Å². The molecule has 0 saturated heterocycles. The number of hydrogen-bond acceptors (Lipinski definition) is 2. The second-order valence-corrected chi connectivity index (χ2v) is 5.98. The van der Waals surface area contributed by atoms with E-state index in [1.165, 1.54) is 27.1 Å². The fourth-order valence-electron chi connectivity index (χ4n) is 2.77. The highest BCUT2D eigenvalue weighted by atomic mass is 16.5. The molecule has 4 aromatic carbocycles. The predicted octanol–water partition coefficient (Wildman–Crippen LogP) is 6.09. The smallest absolute Gasteiger partial charge is 0.119 e. The molecule has 0 aromatic heterocycles. The van der Waals surface area contributed by atoms with Gasteiger partial charge in [0.05, 0.1) is 6.61 Å². The molecule has 0 radical (unpaired) electrons. The Morgan fingerprint density at radius 2 is 1.32 bits per heavy atom. The standard InChI is InChI=1S/C15H12.C8H10O2/c1-11-6-7-14-9-12-4-2-3-5-13(12)10-15(14)8-11;1-2-10-8-5-3-7(9)4-6-8/h2-10H,1H3;3-6,9H,2H2,1H3. The van der Waals surface area contributed by atoms with Crippen LogP contribution in [0, 0.1) is 6.92 Å². The molecule has 25 heavy (non-hydrogen) atoms. The van der Waals surface area contributed by atoms with Crippen LogP contribution in [0.2, 0.25) is 0 Å². The summed E-state index contributed by atoms with van der Waals surface area (Å²) in [5.41, 5.74) is 1.32. The maximum atomic E-state index is 8.87. The zero-order valence-corrected chi connectivity index (χ0v) is 14.6. The summed E-state index contributed by atoms with van der Waals surface area (Å²) in [4.78, 5) is 0. The molecule has 0 aliphatic heterocycles. The Bertz CT molecular complexity index is 972. The molecule has 4 aromatic rings. The molecule has 2 nitrogen and oxygen atoms in total. The molecule has 126 valence electrons. The van der Waals surface area contributed by atoms with E-state index >= 15 is 0 Å². The number of fused-ring (bicyclic) bond motifs is 2. The van der Waals surface area contributed by atoms with Crippen LogP contribution in [0.25, 0.3) is 21.5 Å². The van der Waals surface area contributed by atoms with Gasteiger partial charge in [-0.1, -0.05) is 48.0 Å². The van der Waals surface area contributed by atoms with Gasteiger partial charge >= 0.3 is 0 Å². The maximum absolute atomic E-state index is 8.87. The molecule has 0 saturated carbocycles. The van der Waals surface area contributed by atoms with Gasteiger partial charge in [0.15, 0.2) is 0 Å². The van der Waals surface area contributed by atoms with Crippen LogP contribution in [-0.2, 0) is 0 Å². The lowest BCUT2D eigenvalue weighted by molar-refractivity contribution is 0.339. The number of benzene rings is 4. The van der Waals surface area contributed by atoms with Gasteiger partial charge in [0.1, 0.15) is 11.5 Å². The van der Waals surface area contributed by atoms with Gasteiger partial charge in [-0.2, -0.15) is 0 Å². The van der Waals surface area contributed by atoms with Crippen molar-refractivity contribution in [1.29, 1.82) is 0 Å². The van der Waals surface area contributed by atoms with Crippen molar-refractivity contribution in [2.75, 3.05) is 6.61 Å². The quantitative estimate of drug-likeness (QED) is 0.450. The van der Waals surface area contributed by atoms with Gasteiger partial charge in [-0.3, -0.25) is 0 Å². The number of ether oxygens (including phenoxy) is 1. The lowest BCUT2D eigenvalue weighted by Crippen LogP contribution is -1.89. The average Bonchev–Trinajstić information content (AvgIpc) is 2.63. The zero-order chi connectivity index (χ0) is 17.6. The van der Waals surface area contributed by atoms with Crippen LogP contribution in [0.3, 0.4) is 0 Å². The number of phenolic OH excluding ortho intramolecular Hbond substituents is 1. The second kappa shape index (κ2) is 7.71. The van der Waals surface area contributed by atoms with E-state index in [1.807, 2.05) is 6.92 Å². The number of aromatic hydroxyl groups is 1. The Morgan fingerprint density at radius 3 is 1.96 bits per heavy atom. The van der Waals surface area contributed by atoms with Crippen molar-refractivity contribution in [1.82, 2.24) is 0 Å². The van der Waals surface area contributed by atoms with E-state index in [0.29, 0.717) is 6.61 Å². The number of hydrogen-bond donors (Lipinski definition) is 1. The molecule has 0 aliphatic rings. The highest BCUT2D eigenvalue weighted by molar-refractivity contribution is 5.98. The van der Waals surface area contributed by atoms with Crippen LogP contribution >= 0.6 is 0 Å². The zero-order valence-electron chi connectivity index (χ0n) is 14.6. The van der Waals surface area contributed by atoms with Gasteiger partial charge in [-0.15, -0.1) is 0 Å². The molecule has 0 unspecified atom stereocenters. The van der Waals surface area contributed by atoms with Crippen molar-refractivity contribution < 1.29 is 9.84 Å². The Hall–Kier alpha value is -3.00. The van der Waals surface area contributed by atoms with Crippen LogP contribution in [0.15, 0.2) is 78.9 Å². The molecule has 0 heterocycles. The molecular formula is C23H22O2. The monoisotopic (exact) mass is 330 g/mol. The first-order valence-corrected chi connectivity index (χ1v) is 8.46. The third-order valence-electron chi connectivity index (χ3n) is 4.01. The molecule has 0 fully saturated rings. The van der Waals surface area contributed by atoms with Crippen molar-refractivity contribution in [3.8, 4) is 11.5 Å². The molecular weight excluding hydrogens is 308 g/mol. The molecule has 0 aliphatic carbocycles. The van der Waals surface area contributed by atoms with Crippen molar-refractivity contribution in [2.24, 2.45) is 0 Å². The van der Waals surface area contributed by atoms with Gasteiger partial charge in [-0.05, 0) is 71.8 Å². The average molecular weight is 330 g/mol. The van der Waals surface area contributed by atoms with Gasteiger partial charge < -0.3 is 9.84 Å². The summed E-state index contributed by atoms with van der Waals surface area (Å²) in [6.07, 6.45) is 0. The van der Waals surface area contributed by atoms with Crippen LogP contribution < -0.4 is 4.74 Å². The Morgan fingerprint density at radius 1 is 0.720 bits per heavy atom. The van der Waals surface area contributed by atoms with Crippen molar-refractivity contribution in [2.45, 2.75) is 13.8 Å². The highest BCUT2D eigenvalue weighted by Gasteiger charge is 1.97. The Kier molecular flexibility index (Phi) is 5.20. The number of phenols is 1. The van der Waals surface area contributed by atoms with E-state index in [4.69, 9.17) is 9.84 Å². The van der Waals surface area contributed by atoms with Crippen LogP contribution in [0.5, 0.6) is 11.5 Å². The third-order valence-corrected chi connectivity index (χ3v) is 4.01. The predicted molar refractivity (Wildman–Crippen MR) is 105 cm³/mol. The minimum atomic E-state index is 0.267. The lowest BCUT2D eigenvalue weighted by Gasteiger charge is -2.02. The summed E-state index contributed by atoms with van der Waals surface area (Å²) in [5, 5.41) is 14.1. The van der Waals surface area contributed by atoms with Crippen molar-refractivity contribution >= 4 is 21.5 Å². The summed E-state index contributed by atoms with van der Waals surface area (Å²) >= 11 is 0. The van der Waals surface area contributed by atoms with Crippen LogP contribution in [-0.4, -0.2) is 11.7 Å². The highest BCUT2D eigenvalue weighted by Crippen LogP contribution is 2.23. The first-order chi connectivity index (χ1) is 12.2. The molecule has 0 atom stereocenters. The van der Waals surface area contributed by atoms with Crippen molar-refractivity contribution in [3.05, 3.63) is 84.4 Å². The van der Waals surface area contributed by atoms with Crippen LogP contribution in [0.1, 0.15) is 12.5 Å². The van der Waals surface area contributed by atoms with E-state index in [1.54, 1.807) is 24.3 Å². The molecule has 0 bridgehead atoms. The van der Waals surface area contributed by atoms with Gasteiger partial charge in [0, 0.05) is 0 Å². The van der Waals surface area contributed by atoms with Gasteiger partial charge in [0.25, 0.3) is 0 Å². The molecule has 0 amide bonds. The van der Waals surface area contributed by atoms with E-state index in [2.05, 4.69) is 61.5 Å². The summed E-state index contributed by atoms with van der Waals surface area (Å²) in [6, 6.07) is 26.3. The molecule has 2 heteroatoms. The summed E-state index contributed by atoms with van der Waals surface area (Å²) in [6.45, 7) is 4.71. The topological polar surface area (TPSA) is 29.5 Å². The lowest BCUT2D eigenvalue weighted by atomic mass is 10.0. The van der Waals surface area contributed by atoms with Gasteiger partial charge in [-0.25, -0.2) is 0 Å². The fourth-order valence-corrected chi connectivity index (χ4v) is 2.77. The van der Waals surface area contributed by atoms with E-state index in [0.717, 1.165) is 5.75 Å². The summed E-state index contributed by atoms with van der Waals surface area (Å²) in [7, 11) is 0. The first-order valence-electron chi connectivity index (χ1n) is 8.46. The molecule has 0 spiro atoms. The van der Waals surface area contributed by atoms with E-state index < -0.39 is 0 Å². The summed E-state index contributed by atoms with van der Waals surface area (Å²) in [5.74, 6) is 1.06. The minimum absolute atomic E-state index is 0.267. The molecule has 1 N–H and O–H groups in total. The van der Waals surface area contributed by atoms with E-state index in [9.17, 15) is 0 Å². The molecule has 4 rings (SSSR count). The van der Waals surface area contributed by atoms with Crippen molar-refractivity contribution in [3.63, 3.8) is 0 Å². The third kappa shape index (κ3) is 4.30. The Labute approximate surface area is 148 Å². The number of rotatable bonds is 2. The maximum Gasteiger partial charge on any atom is 0.119 e. The Balaban J connectivity index is 0.000000160. The van der Waals surface area contributed by atoms with E-state index in [-0.39, 0.29) is 5.75 Å². The second-order valence-electron chi connectivity index (χ2n) is 5.98. The SMILES string of the molecule is CCOc1ccc(O)cc1.Cc1ccc2cc3ccccc3cc2c1. The van der Waals surface area contributed by atoms with Gasteiger partial charge in [0.2, 0.25) is 0 Å².